The lowest BCUT2D eigenvalue weighted by atomic mass is 9.96. The SMILES string of the molecule is COc1cccc(C(=O)NC2C[C@H]3CC[C@@H](C2)N3c2ccc(C(=O)NCc3ccc(F)cc3F)cn2)c1C. The minimum Gasteiger partial charge on any atom is -0.496 e. The van der Waals surface area contributed by atoms with Crippen LogP contribution < -0.4 is 20.3 Å². The van der Waals surface area contributed by atoms with Gasteiger partial charge in [0.15, 0.2) is 0 Å². The summed E-state index contributed by atoms with van der Waals surface area (Å²) in [6.07, 6.45) is 5.19. The van der Waals surface area contributed by atoms with E-state index in [9.17, 15) is 18.4 Å². The highest BCUT2D eigenvalue weighted by Crippen LogP contribution is 2.38. The van der Waals surface area contributed by atoms with Crippen LogP contribution in [-0.4, -0.2) is 42.0 Å². The number of piperidine rings is 1. The van der Waals surface area contributed by atoms with Gasteiger partial charge in [-0.05, 0) is 62.9 Å². The quantitative estimate of drug-likeness (QED) is 0.478. The Hall–Kier alpha value is -4.01. The Labute approximate surface area is 220 Å². The van der Waals surface area contributed by atoms with Gasteiger partial charge in [0.1, 0.15) is 23.2 Å². The number of nitrogens with zero attached hydrogens (tertiary/aromatic N) is 2. The largest absolute Gasteiger partial charge is 0.496 e. The molecular weight excluding hydrogens is 490 g/mol. The summed E-state index contributed by atoms with van der Waals surface area (Å²) in [6.45, 7) is 1.84. The van der Waals surface area contributed by atoms with Crippen LogP contribution >= 0.6 is 0 Å². The van der Waals surface area contributed by atoms with Gasteiger partial charge in [-0.2, -0.15) is 0 Å². The molecule has 2 aliphatic heterocycles. The first-order chi connectivity index (χ1) is 18.3. The molecule has 2 fully saturated rings. The van der Waals surface area contributed by atoms with Crippen molar-refractivity contribution in [3.05, 3.63) is 88.6 Å². The average molecular weight is 521 g/mol. The van der Waals surface area contributed by atoms with Gasteiger partial charge >= 0.3 is 0 Å². The van der Waals surface area contributed by atoms with Crippen molar-refractivity contribution in [2.24, 2.45) is 0 Å². The van der Waals surface area contributed by atoms with Crippen LogP contribution in [-0.2, 0) is 6.54 Å². The molecule has 2 saturated heterocycles. The Balaban J connectivity index is 1.19. The predicted molar refractivity (Wildman–Crippen MR) is 139 cm³/mol. The Kier molecular flexibility index (Phi) is 7.26. The maximum Gasteiger partial charge on any atom is 0.253 e. The summed E-state index contributed by atoms with van der Waals surface area (Å²) in [5.74, 6) is -0.346. The van der Waals surface area contributed by atoms with E-state index in [1.165, 1.54) is 12.3 Å². The van der Waals surface area contributed by atoms with Crippen LogP contribution in [0.3, 0.4) is 0 Å². The molecule has 3 atom stereocenters. The third-order valence-electron chi connectivity index (χ3n) is 7.55. The highest BCUT2D eigenvalue weighted by molar-refractivity contribution is 5.96. The second-order valence-electron chi connectivity index (χ2n) is 9.89. The number of anilines is 1. The van der Waals surface area contributed by atoms with E-state index in [1.54, 1.807) is 13.2 Å². The third-order valence-corrected chi connectivity index (χ3v) is 7.55. The van der Waals surface area contributed by atoms with Crippen molar-refractivity contribution in [3.63, 3.8) is 0 Å². The van der Waals surface area contributed by atoms with Crippen LogP contribution in [0.15, 0.2) is 54.7 Å². The standard InChI is InChI=1S/C29H30F2N4O3/c1-17-24(4-3-5-26(17)38-2)29(37)34-21-13-22-9-10-23(14-21)35(22)27-11-7-19(16-32-27)28(36)33-15-18-6-8-20(30)12-25(18)31/h3-8,11-12,16,21-23H,9-10,13-15H2,1-2H3,(H,33,36)(H,34,37)/t21?,22-,23+. The van der Waals surface area contributed by atoms with Crippen LogP contribution in [0.4, 0.5) is 14.6 Å². The van der Waals surface area contributed by atoms with E-state index in [0.717, 1.165) is 49.2 Å². The van der Waals surface area contributed by atoms with Crippen LogP contribution in [0.2, 0.25) is 0 Å². The fraction of sp³-hybridized carbons (Fsp3) is 0.345. The van der Waals surface area contributed by atoms with Crippen LogP contribution in [0.25, 0.3) is 0 Å². The van der Waals surface area contributed by atoms with Gasteiger partial charge < -0.3 is 20.3 Å². The molecule has 1 unspecified atom stereocenters. The number of halogens is 2. The minimum atomic E-state index is -0.701. The molecule has 2 aliphatic rings. The van der Waals surface area contributed by atoms with E-state index in [-0.39, 0.29) is 42.0 Å². The number of aromatic nitrogens is 1. The first-order valence-corrected chi connectivity index (χ1v) is 12.7. The molecule has 2 amide bonds. The first-order valence-electron chi connectivity index (χ1n) is 12.7. The highest BCUT2D eigenvalue weighted by atomic mass is 19.1. The molecule has 2 N–H and O–H groups in total. The van der Waals surface area contributed by atoms with Crippen molar-refractivity contribution in [2.75, 3.05) is 12.0 Å². The molecule has 7 nitrogen and oxygen atoms in total. The molecule has 2 bridgehead atoms. The topological polar surface area (TPSA) is 83.6 Å². The molecule has 0 aliphatic carbocycles. The Bertz CT molecular complexity index is 1330. The lowest BCUT2D eigenvalue weighted by Crippen LogP contribution is -2.50. The van der Waals surface area contributed by atoms with Gasteiger partial charge in [-0.3, -0.25) is 9.59 Å². The number of carbonyl (C=O) groups is 2. The van der Waals surface area contributed by atoms with E-state index in [0.29, 0.717) is 16.9 Å². The number of nitrogens with one attached hydrogen (secondary N) is 2. The monoisotopic (exact) mass is 520 g/mol. The zero-order valence-corrected chi connectivity index (χ0v) is 21.3. The molecule has 0 radical (unpaired) electrons. The summed E-state index contributed by atoms with van der Waals surface area (Å²) in [5, 5.41) is 5.87. The van der Waals surface area contributed by atoms with Gasteiger partial charge in [0.05, 0.1) is 12.7 Å². The number of hydrogen-bond acceptors (Lipinski definition) is 5. The van der Waals surface area contributed by atoms with E-state index in [1.807, 2.05) is 31.2 Å². The van der Waals surface area contributed by atoms with Crippen molar-refractivity contribution < 1.29 is 23.1 Å². The Morgan fingerprint density at radius 1 is 1.05 bits per heavy atom. The molecule has 2 aromatic carbocycles. The van der Waals surface area contributed by atoms with E-state index in [4.69, 9.17) is 4.74 Å². The molecule has 3 aromatic rings. The van der Waals surface area contributed by atoms with Crippen molar-refractivity contribution in [2.45, 2.75) is 57.3 Å². The molecule has 9 heteroatoms. The molecule has 3 heterocycles. The molecule has 0 spiro atoms. The zero-order valence-electron chi connectivity index (χ0n) is 21.3. The zero-order chi connectivity index (χ0) is 26.8. The summed E-state index contributed by atoms with van der Waals surface area (Å²) in [4.78, 5) is 32.4. The number of carbonyl (C=O) groups excluding carboxylic acids is 2. The van der Waals surface area contributed by atoms with Gasteiger partial charge in [0.25, 0.3) is 11.8 Å². The van der Waals surface area contributed by atoms with E-state index >= 15 is 0 Å². The highest BCUT2D eigenvalue weighted by Gasteiger charge is 2.42. The van der Waals surface area contributed by atoms with Gasteiger partial charge in [0, 0.05) is 53.6 Å². The normalized spacial score (nSPS) is 20.2. The number of methoxy groups -OCH3 is 1. The van der Waals surface area contributed by atoms with E-state index < -0.39 is 11.6 Å². The molecule has 198 valence electrons. The number of fused-ring (bicyclic) bond motifs is 2. The number of benzene rings is 2. The second-order valence-corrected chi connectivity index (χ2v) is 9.89. The van der Waals surface area contributed by atoms with Crippen LogP contribution in [0.5, 0.6) is 5.75 Å². The summed E-state index contributed by atoms with van der Waals surface area (Å²) in [7, 11) is 1.60. The summed E-state index contributed by atoms with van der Waals surface area (Å²) < 4.78 is 32.3. The number of hydrogen-bond donors (Lipinski definition) is 2. The summed E-state index contributed by atoms with van der Waals surface area (Å²) in [6, 6.07) is 12.8. The van der Waals surface area contributed by atoms with Crippen LogP contribution in [0.1, 0.15) is 57.5 Å². The molecule has 5 rings (SSSR count). The Morgan fingerprint density at radius 2 is 1.82 bits per heavy atom. The Morgan fingerprint density at radius 3 is 2.47 bits per heavy atom. The average Bonchev–Trinajstić information content (AvgIpc) is 3.18. The molecule has 38 heavy (non-hydrogen) atoms. The lowest BCUT2D eigenvalue weighted by molar-refractivity contribution is 0.0923. The van der Waals surface area contributed by atoms with Gasteiger partial charge in [0.2, 0.25) is 0 Å². The second kappa shape index (κ2) is 10.8. The molecular formula is C29H30F2N4O3. The van der Waals surface area contributed by atoms with Crippen molar-refractivity contribution in [1.82, 2.24) is 15.6 Å². The number of pyridine rings is 1. The third kappa shape index (κ3) is 5.18. The summed E-state index contributed by atoms with van der Waals surface area (Å²) >= 11 is 0. The van der Waals surface area contributed by atoms with Crippen molar-refractivity contribution in [1.29, 1.82) is 0 Å². The fourth-order valence-electron chi connectivity index (χ4n) is 5.63. The first kappa shape index (κ1) is 25.6. The van der Waals surface area contributed by atoms with Gasteiger partial charge in [-0.25, -0.2) is 13.8 Å². The predicted octanol–water partition coefficient (Wildman–Crippen LogP) is 4.54. The minimum absolute atomic E-state index is 0.0502. The maximum absolute atomic E-state index is 13.8. The molecule has 0 saturated carbocycles. The number of ether oxygens (including phenoxy) is 1. The number of rotatable bonds is 7. The van der Waals surface area contributed by atoms with Crippen molar-refractivity contribution in [3.8, 4) is 5.75 Å². The smallest absolute Gasteiger partial charge is 0.253 e. The summed E-state index contributed by atoms with van der Waals surface area (Å²) in [5.41, 5.74) is 2.01. The van der Waals surface area contributed by atoms with Gasteiger partial charge in [-0.15, -0.1) is 0 Å². The van der Waals surface area contributed by atoms with E-state index in [2.05, 4.69) is 20.5 Å². The van der Waals surface area contributed by atoms with Gasteiger partial charge in [-0.1, -0.05) is 12.1 Å². The maximum atomic E-state index is 13.8. The molecule has 1 aromatic heterocycles. The lowest BCUT2D eigenvalue weighted by Gasteiger charge is -2.40. The van der Waals surface area contributed by atoms with Crippen molar-refractivity contribution >= 4 is 17.6 Å². The van der Waals surface area contributed by atoms with Crippen LogP contribution in [0, 0.1) is 18.6 Å². The number of amides is 2. The fourth-order valence-corrected chi connectivity index (χ4v) is 5.63.